The van der Waals surface area contributed by atoms with Crippen molar-refractivity contribution in [2.24, 2.45) is 0 Å². The summed E-state index contributed by atoms with van der Waals surface area (Å²) in [5.74, 6) is 0. The highest BCUT2D eigenvalue weighted by Gasteiger charge is 2.41. The quantitative estimate of drug-likeness (QED) is 0.247. The smallest absolute Gasteiger partial charge is 0.231 e. The van der Waals surface area contributed by atoms with Crippen molar-refractivity contribution >= 4 is 8.40 Å². The van der Waals surface area contributed by atoms with E-state index in [4.69, 9.17) is 0 Å². The summed E-state index contributed by atoms with van der Waals surface area (Å²) < 4.78 is 5.85. The second kappa shape index (κ2) is 16.1. The van der Waals surface area contributed by atoms with E-state index in [9.17, 15) is 0 Å². The van der Waals surface area contributed by atoms with Crippen LogP contribution in [0.5, 0.6) is 0 Å². The Morgan fingerprint density at radius 1 is 0.600 bits per heavy atom. The summed E-state index contributed by atoms with van der Waals surface area (Å²) in [7, 11) is -1.77. The molecule has 3 heteroatoms. The number of hydrogen-bond acceptors (Lipinski definition) is 2. The number of hydrogen-bond donors (Lipinski definition) is 0. The van der Waals surface area contributed by atoms with Crippen molar-refractivity contribution in [3.05, 3.63) is 12.3 Å². The van der Waals surface area contributed by atoms with E-state index in [1.807, 2.05) is 0 Å². The van der Waals surface area contributed by atoms with Gasteiger partial charge in [0.15, 0.2) is 0 Å². The molecule has 0 aromatic carbocycles. The van der Waals surface area contributed by atoms with Crippen LogP contribution in [0.1, 0.15) is 98.8 Å². The molecule has 0 aromatic heterocycles. The molecular formula is C22H48N2Si. The Labute approximate surface area is 161 Å². The Morgan fingerprint density at radius 2 is 0.920 bits per heavy atom. The number of unbranched alkanes of at least 4 members (excludes halogenated alkanes) is 5. The molecule has 0 radical (unpaired) electrons. The molecular weight excluding hydrogens is 320 g/mol. The first-order valence-corrected chi connectivity index (χ1v) is 13.5. The normalized spacial score (nSPS) is 12.3. The maximum absolute atomic E-state index is 4.44. The minimum atomic E-state index is -1.77. The fourth-order valence-electron chi connectivity index (χ4n) is 3.71. The van der Waals surface area contributed by atoms with Crippen molar-refractivity contribution in [2.45, 2.75) is 105 Å². The van der Waals surface area contributed by atoms with Gasteiger partial charge in [0.05, 0.1) is 0 Å². The van der Waals surface area contributed by atoms with Gasteiger partial charge in [-0.3, -0.25) is 0 Å². The van der Waals surface area contributed by atoms with Gasteiger partial charge < -0.3 is 9.13 Å². The lowest BCUT2D eigenvalue weighted by Crippen LogP contribution is -2.65. The molecule has 0 saturated heterocycles. The molecule has 2 nitrogen and oxygen atoms in total. The maximum atomic E-state index is 4.44. The summed E-state index contributed by atoms with van der Waals surface area (Å²) in [5.41, 5.74) is 2.44. The first-order valence-electron chi connectivity index (χ1n) is 11.3. The van der Waals surface area contributed by atoms with Crippen LogP contribution in [-0.2, 0) is 0 Å². The molecule has 0 aliphatic heterocycles. The third kappa shape index (κ3) is 8.88. The predicted octanol–water partition coefficient (Wildman–Crippen LogP) is 6.76. The van der Waals surface area contributed by atoms with Gasteiger partial charge in [-0.1, -0.05) is 78.8 Å². The number of nitrogens with zero attached hydrogens (tertiary/aromatic N) is 2. The minimum Gasteiger partial charge on any atom is -0.308 e. The molecule has 25 heavy (non-hydrogen) atoms. The molecule has 0 spiro atoms. The largest absolute Gasteiger partial charge is 0.308 e. The van der Waals surface area contributed by atoms with Crippen LogP contribution in [0.15, 0.2) is 12.3 Å². The molecule has 0 fully saturated rings. The van der Waals surface area contributed by atoms with E-state index in [0.717, 1.165) is 0 Å². The van der Waals surface area contributed by atoms with E-state index in [0.29, 0.717) is 0 Å². The zero-order valence-corrected chi connectivity index (χ0v) is 19.3. The van der Waals surface area contributed by atoms with Crippen molar-refractivity contribution in [3.63, 3.8) is 0 Å². The maximum Gasteiger partial charge on any atom is 0.231 e. The second-order valence-electron chi connectivity index (χ2n) is 7.57. The van der Waals surface area contributed by atoms with Crippen LogP contribution in [0, 0.1) is 0 Å². The molecule has 0 unspecified atom stereocenters. The van der Waals surface area contributed by atoms with Gasteiger partial charge in [0.2, 0.25) is 8.40 Å². The summed E-state index contributed by atoms with van der Waals surface area (Å²) >= 11 is 0. The minimum absolute atomic E-state index is 1.27. The van der Waals surface area contributed by atoms with Crippen LogP contribution in [0.3, 0.4) is 0 Å². The standard InChI is InChI=1S/C22H48N2Si/c1-7-13-18-23(19-14-8-2)25(12-6,22-17-11-5)24(20-15-9-3)21-16-10-4/h12H,6-11,13-22H2,1-5H3. The Bertz CT molecular complexity index is 270. The van der Waals surface area contributed by atoms with Gasteiger partial charge in [0.25, 0.3) is 0 Å². The molecule has 0 heterocycles. The topological polar surface area (TPSA) is 6.48 Å². The predicted molar refractivity (Wildman–Crippen MR) is 118 cm³/mol. The highest BCUT2D eigenvalue weighted by atomic mass is 28.3. The summed E-state index contributed by atoms with van der Waals surface area (Å²) in [4.78, 5) is 0. The van der Waals surface area contributed by atoms with E-state index in [1.54, 1.807) is 0 Å². The van der Waals surface area contributed by atoms with Crippen LogP contribution in [-0.4, -0.2) is 43.7 Å². The van der Waals surface area contributed by atoms with E-state index in [1.165, 1.54) is 96.4 Å². The highest BCUT2D eigenvalue weighted by molar-refractivity contribution is 6.79. The molecule has 0 aliphatic carbocycles. The van der Waals surface area contributed by atoms with Crippen LogP contribution >= 0.6 is 0 Å². The summed E-state index contributed by atoms with van der Waals surface area (Å²) in [6, 6.07) is 1.37. The van der Waals surface area contributed by atoms with Crippen molar-refractivity contribution in [2.75, 3.05) is 26.2 Å². The lowest BCUT2D eigenvalue weighted by atomic mass is 10.3. The van der Waals surface area contributed by atoms with Crippen molar-refractivity contribution in [3.8, 4) is 0 Å². The molecule has 0 N–H and O–H groups in total. The van der Waals surface area contributed by atoms with Crippen LogP contribution in [0.4, 0.5) is 0 Å². The zero-order valence-electron chi connectivity index (χ0n) is 18.3. The third-order valence-corrected chi connectivity index (χ3v) is 10.3. The SMILES string of the molecule is C=C[Si](CCCC)(N(CCCC)CCCC)N(CCCC)CCCC. The van der Waals surface area contributed by atoms with Crippen LogP contribution in [0.2, 0.25) is 6.04 Å². The van der Waals surface area contributed by atoms with Crippen molar-refractivity contribution in [1.29, 1.82) is 0 Å². The summed E-state index contributed by atoms with van der Waals surface area (Å²) in [5, 5.41) is 0. The fourth-order valence-corrected chi connectivity index (χ4v) is 8.52. The summed E-state index contributed by atoms with van der Waals surface area (Å²) in [6.45, 7) is 21.2. The number of rotatable bonds is 18. The molecule has 0 aromatic rings. The van der Waals surface area contributed by atoms with Crippen molar-refractivity contribution < 1.29 is 0 Å². The van der Waals surface area contributed by atoms with Gasteiger partial charge in [-0.2, -0.15) is 0 Å². The monoisotopic (exact) mass is 368 g/mol. The van der Waals surface area contributed by atoms with Gasteiger partial charge in [0, 0.05) is 0 Å². The molecule has 0 saturated carbocycles. The van der Waals surface area contributed by atoms with E-state index < -0.39 is 8.40 Å². The first kappa shape index (κ1) is 24.9. The lowest BCUT2D eigenvalue weighted by molar-refractivity contribution is 0.308. The molecule has 0 rings (SSSR count). The van der Waals surface area contributed by atoms with Gasteiger partial charge in [-0.25, -0.2) is 0 Å². The second-order valence-corrected chi connectivity index (χ2v) is 11.5. The van der Waals surface area contributed by atoms with E-state index in [2.05, 4.69) is 56.0 Å². The fraction of sp³-hybridized carbons (Fsp3) is 0.909. The average Bonchev–Trinajstić information content (AvgIpc) is 2.64. The lowest BCUT2D eigenvalue weighted by Gasteiger charge is -2.48. The Kier molecular flexibility index (Phi) is 16.0. The Hall–Kier alpha value is -0.123. The van der Waals surface area contributed by atoms with Gasteiger partial charge >= 0.3 is 0 Å². The van der Waals surface area contributed by atoms with E-state index >= 15 is 0 Å². The van der Waals surface area contributed by atoms with Crippen LogP contribution in [0.25, 0.3) is 0 Å². The van der Waals surface area contributed by atoms with Gasteiger partial charge in [0.1, 0.15) is 0 Å². The molecule has 0 amide bonds. The Balaban J connectivity index is 5.61. The molecule has 150 valence electrons. The zero-order chi connectivity index (χ0) is 19.0. The van der Waals surface area contributed by atoms with E-state index in [-0.39, 0.29) is 0 Å². The Morgan fingerprint density at radius 3 is 1.16 bits per heavy atom. The highest BCUT2D eigenvalue weighted by Crippen LogP contribution is 2.27. The molecule has 0 atom stereocenters. The van der Waals surface area contributed by atoms with Crippen molar-refractivity contribution in [1.82, 2.24) is 9.13 Å². The summed E-state index contributed by atoms with van der Waals surface area (Å²) in [6.07, 6.45) is 13.1. The van der Waals surface area contributed by atoms with Gasteiger partial charge in [-0.05, 0) is 57.9 Å². The molecule has 0 bridgehead atoms. The average molecular weight is 369 g/mol. The van der Waals surface area contributed by atoms with Crippen LogP contribution < -0.4 is 0 Å². The first-order chi connectivity index (χ1) is 12.2. The molecule has 0 aliphatic rings. The third-order valence-electron chi connectivity index (χ3n) is 5.45. The van der Waals surface area contributed by atoms with Gasteiger partial charge in [-0.15, -0.1) is 6.58 Å².